The van der Waals surface area contributed by atoms with Crippen LogP contribution in [-0.2, 0) is 0 Å². The highest BCUT2D eigenvalue weighted by molar-refractivity contribution is 7.07. The maximum atomic E-state index is 13.8. The summed E-state index contributed by atoms with van der Waals surface area (Å²) in [5, 5.41) is 6.25. The highest BCUT2D eigenvalue weighted by Crippen LogP contribution is 2.37. The number of aromatic nitrogens is 3. The quantitative estimate of drug-likeness (QED) is 0.518. The molecular formula is C22H20FN5OS. The minimum atomic E-state index is -0.238. The van der Waals surface area contributed by atoms with Crippen molar-refractivity contribution < 1.29 is 9.13 Å². The summed E-state index contributed by atoms with van der Waals surface area (Å²) in [7, 11) is 0. The van der Waals surface area contributed by atoms with Gasteiger partial charge in [0.25, 0.3) is 0 Å². The Morgan fingerprint density at radius 2 is 2.13 bits per heavy atom. The summed E-state index contributed by atoms with van der Waals surface area (Å²) in [4.78, 5) is 12.9. The summed E-state index contributed by atoms with van der Waals surface area (Å²) in [5.41, 5.74) is 10.9. The Kier molecular flexibility index (Phi) is 5.02. The molecule has 1 fully saturated rings. The number of nitrogens with zero attached hydrogens (tertiary/aromatic N) is 3. The van der Waals surface area contributed by atoms with E-state index in [2.05, 4.69) is 20.3 Å². The highest BCUT2D eigenvalue weighted by atomic mass is 32.1. The number of ether oxygens (including phenoxy) is 1. The van der Waals surface area contributed by atoms with Crippen molar-refractivity contribution in [3.63, 3.8) is 0 Å². The smallest absolute Gasteiger partial charge is 0.220 e. The Hall–Kier alpha value is -3.10. The standard InChI is InChI=1S/C22H20FN5OS/c23-15-3-1-2-13(6-15)17-10-25-5-4-20(17)29-21-8-18-14(9-26-22(24)28-18)7-16(21)19-11-30-12-27-19/h1-3,6-9,11-12,17,20,25H,4-5,10H2,(H2,24,26,28). The van der Waals surface area contributed by atoms with E-state index >= 15 is 0 Å². The van der Waals surface area contributed by atoms with E-state index in [9.17, 15) is 4.39 Å². The first-order chi connectivity index (χ1) is 14.7. The third-order valence-electron chi connectivity index (χ3n) is 5.38. The minimum absolute atomic E-state index is 0.0314. The molecule has 2 aromatic heterocycles. The van der Waals surface area contributed by atoms with Gasteiger partial charge in [-0.15, -0.1) is 11.3 Å². The van der Waals surface area contributed by atoms with Gasteiger partial charge in [-0.2, -0.15) is 0 Å². The molecule has 2 unspecified atom stereocenters. The molecule has 1 aliphatic rings. The molecule has 4 aromatic rings. The molecule has 0 spiro atoms. The lowest BCUT2D eigenvalue weighted by atomic mass is 9.88. The lowest BCUT2D eigenvalue weighted by Gasteiger charge is -2.33. The van der Waals surface area contributed by atoms with Gasteiger partial charge in [0.2, 0.25) is 5.95 Å². The molecule has 3 N–H and O–H groups in total. The average molecular weight is 422 g/mol. The summed E-state index contributed by atoms with van der Waals surface area (Å²) >= 11 is 1.53. The van der Waals surface area contributed by atoms with Gasteiger partial charge in [-0.05, 0) is 36.7 Å². The van der Waals surface area contributed by atoms with E-state index in [1.807, 2.05) is 23.6 Å². The van der Waals surface area contributed by atoms with Crippen molar-refractivity contribution in [2.24, 2.45) is 0 Å². The average Bonchev–Trinajstić information content (AvgIpc) is 3.28. The van der Waals surface area contributed by atoms with Gasteiger partial charge in [-0.1, -0.05) is 12.1 Å². The normalized spacial score (nSPS) is 19.1. The molecule has 1 saturated heterocycles. The number of anilines is 1. The molecule has 152 valence electrons. The lowest BCUT2D eigenvalue weighted by molar-refractivity contribution is 0.139. The van der Waals surface area contributed by atoms with Gasteiger partial charge in [0, 0.05) is 41.1 Å². The molecule has 0 aliphatic carbocycles. The van der Waals surface area contributed by atoms with Gasteiger partial charge >= 0.3 is 0 Å². The Morgan fingerprint density at radius 1 is 1.20 bits per heavy atom. The molecule has 5 rings (SSSR count). The zero-order chi connectivity index (χ0) is 20.5. The van der Waals surface area contributed by atoms with Crippen molar-refractivity contribution in [3.05, 3.63) is 64.9 Å². The van der Waals surface area contributed by atoms with Crippen LogP contribution in [0.1, 0.15) is 17.9 Å². The zero-order valence-electron chi connectivity index (χ0n) is 16.1. The predicted molar refractivity (Wildman–Crippen MR) is 116 cm³/mol. The van der Waals surface area contributed by atoms with Crippen LogP contribution in [-0.4, -0.2) is 34.1 Å². The van der Waals surface area contributed by atoms with Crippen LogP contribution in [0.4, 0.5) is 10.3 Å². The maximum absolute atomic E-state index is 13.8. The molecule has 0 amide bonds. The van der Waals surface area contributed by atoms with Crippen LogP contribution in [0.2, 0.25) is 0 Å². The number of hydrogen-bond donors (Lipinski definition) is 2. The number of nitrogens with two attached hydrogens (primary N) is 1. The van der Waals surface area contributed by atoms with Crippen LogP contribution >= 0.6 is 11.3 Å². The van der Waals surface area contributed by atoms with Crippen LogP contribution in [0.25, 0.3) is 22.2 Å². The molecule has 1 aliphatic heterocycles. The number of fused-ring (bicyclic) bond motifs is 1. The number of rotatable bonds is 4. The van der Waals surface area contributed by atoms with E-state index < -0.39 is 0 Å². The monoisotopic (exact) mass is 421 g/mol. The molecular weight excluding hydrogens is 401 g/mol. The summed E-state index contributed by atoms with van der Waals surface area (Å²) < 4.78 is 20.4. The molecule has 0 bridgehead atoms. The van der Waals surface area contributed by atoms with Gasteiger partial charge < -0.3 is 15.8 Å². The maximum Gasteiger partial charge on any atom is 0.220 e. The number of hydrogen-bond acceptors (Lipinski definition) is 7. The predicted octanol–water partition coefficient (Wildman–Crippen LogP) is 4.00. The number of piperidine rings is 1. The zero-order valence-corrected chi connectivity index (χ0v) is 16.9. The fourth-order valence-electron chi connectivity index (χ4n) is 3.93. The molecule has 30 heavy (non-hydrogen) atoms. The number of thiazole rings is 1. The van der Waals surface area contributed by atoms with Crippen molar-refractivity contribution in [3.8, 4) is 17.0 Å². The summed E-state index contributed by atoms with van der Waals surface area (Å²) in [6.07, 6.45) is 2.40. The van der Waals surface area contributed by atoms with Gasteiger partial charge in [0.15, 0.2) is 0 Å². The number of nitrogen functional groups attached to an aromatic ring is 1. The van der Waals surface area contributed by atoms with Crippen molar-refractivity contribution in [2.45, 2.75) is 18.4 Å². The first-order valence-corrected chi connectivity index (χ1v) is 10.7. The van der Waals surface area contributed by atoms with Crippen molar-refractivity contribution in [1.29, 1.82) is 0 Å². The van der Waals surface area contributed by atoms with E-state index in [4.69, 9.17) is 10.5 Å². The van der Waals surface area contributed by atoms with Crippen LogP contribution in [0.3, 0.4) is 0 Å². The Bertz CT molecular complexity index is 1180. The van der Waals surface area contributed by atoms with E-state index in [0.29, 0.717) is 11.3 Å². The molecule has 0 radical (unpaired) electrons. The summed E-state index contributed by atoms with van der Waals surface area (Å²) in [5.74, 6) is 0.705. The van der Waals surface area contributed by atoms with E-state index in [1.165, 1.54) is 17.4 Å². The third kappa shape index (κ3) is 3.71. The summed E-state index contributed by atoms with van der Waals surface area (Å²) in [6.45, 7) is 1.56. The van der Waals surface area contributed by atoms with Crippen molar-refractivity contribution in [1.82, 2.24) is 20.3 Å². The Balaban J connectivity index is 1.56. The van der Waals surface area contributed by atoms with Gasteiger partial charge in [0.1, 0.15) is 17.7 Å². The van der Waals surface area contributed by atoms with Gasteiger partial charge in [-0.3, -0.25) is 0 Å². The number of nitrogens with one attached hydrogen (secondary N) is 1. The molecule has 8 heteroatoms. The minimum Gasteiger partial charge on any atom is -0.489 e. The van der Waals surface area contributed by atoms with Crippen LogP contribution < -0.4 is 15.8 Å². The molecule has 2 atom stereocenters. The molecule has 2 aromatic carbocycles. The first-order valence-electron chi connectivity index (χ1n) is 9.75. The fourth-order valence-corrected chi connectivity index (χ4v) is 4.48. The number of halogens is 1. The SMILES string of the molecule is Nc1ncc2cc(-c3cscn3)c(OC3CCNCC3c3cccc(F)c3)cc2n1. The topological polar surface area (TPSA) is 86.0 Å². The molecule has 6 nitrogen and oxygen atoms in total. The Labute approximate surface area is 177 Å². The third-order valence-corrected chi connectivity index (χ3v) is 5.97. The van der Waals surface area contributed by atoms with Crippen molar-refractivity contribution in [2.75, 3.05) is 18.8 Å². The van der Waals surface area contributed by atoms with Crippen LogP contribution in [0.15, 0.2) is 53.5 Å². The largest absolute Gasteiger partial charge is 0.489 e. The van der Waals surface area contributed by atoms with Gasteiger partial charge in [0.05, 0.1) is 16.7 Å². The van der Waals surface area contributed by atoms with E-state index in [1.54, 1.807) is 23.8 Å². The van der Waals surface area contributed by atoms with E-state index in [0.717, 1.165) is 41.7 Å². The van der Waals surface area contributed by atoms with Crippen LogP contribution in [0.5, 0.6) is 5.75 Å². The second kappa shape index (κ2) is 7.97. The first kappa shape index (κ1) is 18.9. The fraction of sp³-hybridized carbons (Fsp3) is 0.227. The second-order valence-corrected chi connectivity index (χ2v) is 8.04. The molecule has 0 saturated carbocycles. The summed E-state index contributed by atoms with van der Waals surface area (Å²) in [6, 6.07) is 10.6. The molecule has 3 heterocycles. The highest BCUT2D eigenvalue weighted by Gasteiger charge is 2.29. The van der Waals surface area contributed by atoms with Gasteiger partial charge in [-0.25, -0.2) is 19.3 Å². The van der Waals surface area contributed by atoms with Crippen molar-refractivity contribution >= 4 is 28.2 Å². The van der Waals surface area contributed by atoms with Crippen LogP contribution in [0, 0.1) is 5.82 Å². The second-order valence-electron chi connectivity index (χ2n) is 7.32. The van der Waals surface area contributed by atoms with E-state index in [-0.39, 0.29) is 23.8 Å². The lowest BCUT2D eigenvalue weighted by Crippen LogP contribution is -2.41. The Morgan fingerprint density at radius 3 is 2.97 bits per heavy atom. The number of benzene rings is 2.